The maximum Gasteiger partial charge on any atom is 0.338 e. The van der Waals surface area contributed by atoms with E-state index in [0.717, 1.165) is 15.5 Å². The highest BCUT2D eigenvalue weighted by Gasteiger charge is 2.30. The number of esters is 1. The van der Waals surface area contributed by atoms with E-state index in [2.05, 4.69) is 4.98 Å². The molecule has 4 rings (SSSR count). The van der Waals surface area contributed by atoms with Gasteiger partial charge in [-0.05, 0) is 31.2 Å². The van der Waals surface area contributed by atoms with Gasteiger partial charge in [0.15, 0.2) is 0 Å². The van der Waals surface area contributed by atoms with Gasteiger partial charge in [0.05, 0.1) is 16.9 Å². The largest absolute Gasteiger partial charge is 0.456 e. The van der Waals surface area contributed by atoms with E-state index in [4.69, 9.17) is 4.74 Å². The molecular weight excluding hydrogens is 388 g/mol. The molecule has 0 radical (unpaired) electrons. The zero-order valence-electron chi connectivity index (χ0n) is 15.8. The van der Waals surface area contributed by atoms with E-state index in [9.17, 15) is 14.4 Å². The van der Waals surface area contributed by atoms with Gasteiger partial charge in [0.25, 0.3) is 0 Å². The van der Waals surface area contributed by atoms with Crippen molar-refractivity contribution in [3.05, 3.63) is 70.7 Å². The van der Waals surface area contributed by atoms with Crippen LogP contribution >= 0.6 is 11.3 Å². The number of hydrogen-bond donors (Lipinski definition) is 0. The highest BCUT2D eigenvalue weighted by molar-refractivity contribution is 7.13. The first kappa shape index (κ1) is 19.0. The zero-order valence-corrected chi connectivity index (χ0v) is 16.6. The van der Waals surface area contributed by atoms with E-state index >= 15 is 0 Å². The van der Waals surface area contributed by atoms with Crippen LogP contribution in [-0.2, 0) is 20.9 Å². The molecule has 2 heterocycles. The maximum absolute atomic E-state index is 12.3. The second-order valence-electron chi connectivity index (χ2n) is 6.76. The molecule has 0 saturated carbocycles. The number of aromatic nitrogens is 1. The Kier molecular flexibility index (Phi) is 5.22. The fourth-order valence-corrected chi connectivity index (χ4v) is 3.85. The van der Waals surface area contributed by atoms with Crippen molar-refractivity contribution in [3.63, 3.8) is 0 Å². The number of benzene rings is 2. The molecule has 0 spiro atoms. The van der Waals surface area contributed by atoms with Crippen molar-refractivity contribution < 1.29 is 19.1 Å². The Morgan fingerprint density at radius 1 is 1.03 bits per heavy atom. The van der Waals surface area contributed by atoms with Crippen LogP contribution in [0.2, 0.25) is 0 Å². The van der Waals surface area contributed by atoms with Gasteiger partial charge in [-0.1, -0.05) is 29.8 Å². The highest BCUT2D eigenvalue weighted by atomic mass is 32.1. The average Bonchev–Trinajstić information content (AvgIpc) is 3.33. The lowest BCUT2D eigenvalue weighted by atomic mass is 10.2. The molecule has 1 aromatic heterocycles. The molecule has 146 valence electrons. The van der Waals surface area contributed by atoms with E-state index in [0.29, 0.717) is 16.9 Å². The van der Waals surface area contributed by atoms with Gasteiger partial charge in [-0.3, -0.25) is 14.5 Å². The molecule has 0 unspecified atom stereocenters. The molecule has 0 bridgehead atoms. The summed E-state index contributed by atoms with van der Waals surface area (Å²) in [5, 5.41) is 2.75. The fraction of sp³-hybridized carbons (Fsp3) is 0.182. The van der Waals surface area contributed by atoms with E-state index in [1.54, 1.807) is 24.3 Å². The Hall–Kier alpha value is -3.32. The summed E-state index contributed by atoms with van der Waals surface area (Å²) in [7, 11) is 0. The average molecular weight is 406 g/mol. The Morgan fingerprint density at radius 3 is 2.34 bits per heavy atom. The topological polar surface area (TPSA) is 76.6 Å². The number of rotatable bonds is 5. The van der Waals surface area contributed by atoms with Crippen molar-refractivity contribution in [1.82, 2.24) is 4.98 Å². The van der Waals surface area contributed by atoms with Gasteiger partial charge in [0.1, 0.15) is 11.6 Å². The van der Waals surface area contributed by atoms with Crippen LogP contribution in [-0.4, -0.2) is 22.8 Å². The van der Waals surface area contributed by atoms with Gasteiger partial charge in [0, 0.05) is 23.8 Å². The van der Waals surface area contributed by atoms with Crippen molar-refractivity contribution >= 4 is 34.8 Å². The maximum atomic E-state index is 12.3. The molecule has 2 aromatic carbocycles. The minimum atomic E-state index is -0.486. The van der Waals surface area contributed by atoms with Crippen molar-refractivity contribution in [2.45, 2.75) is 26.4 Å². The number of ether oxygens (including phenoxy) is 1. The first-order chi connectivity index (χ1) is 14.0. The molecule has 1 aliphatic heterocycles. The Balaban J connectivity index is 1.38. The lowest BCUT2D eigenvalue weighted by Gasteiger charge is -2.13. The van der Waals surface area contributed by atoms with Crippen LogP contribution in [0.25, 0.3) is 10.6 Å². The third-order valence-corrected chi connectivity index (χ3v) is 5.55. The third kappa shape index (κ3) is 4.09. The Morgan fingerprint density at radius 2 is 1.69 bits per heavy atom. The number of thiazole rings is 1. The summed E-state index contributed by atoms with van der Waals surface area (Å²) >= 11 is 1.50. The Bertz CT molecular complexity index is 1050. The molecule has 6 nitrogen and oxygen atoms in total. The summed E-state index contributed by atoms with van der Waals surface area (Å²) in [6.07, 6.45) is 0.446. The molecule has 1 saturated heterocycles. The summed E-state index contributed by atoms with van der Waals surface area (Å²) in [6, 6.07) is 14.4. The summed E-state index contributed by atoms with van der Waals surface area (Å²) < 4.78 is 5.35. The van der Waals surface area contributed by atoms with Crippen LogP contribution in [0.4, 0.5) is 5.69 Å². The quantitative estimate of drug-likeness (QED) is 0.470. The smallest absolute Gasteiger partial charge is 0.338 e. The highest BCUT2D eigenvalue weighted by Crippen LogP contribution is 2.25. The monoisotopic (exact) mass is 406 g/mol. The van der Waals surface area contributed by atoms with Gasteiger partial charge >= 0.3 is 5.97 Å². The molecule has 2 amide bonds. The number of nitrogens with zero attached hydrogens (tertiary/aromatic N) is 2. The first-order valence-corrected chi connectivity index (χ1v) is 10.0. The molecule has 1 fully saturated rings. The summed E-state index contributed by atoms with van der Waals surface area (Å²) in [5.41, 5.74) is 3.71. The van der Waals surface area contributed by atoms with E-state index in [1.807, 2.05) is 36.6 Å². The number of aryl methyl sites for hydroxylation is 1. The normalized spacial score (nSPS) is 13.8. The molecular formula is C22H18N2O4S. The van der Waals surface area contributed by atoms with Crippen LogP contribution < -0.4 is 4.90 Å². The molecule has 0 aliphatic carbocycles. The van der Waals surface area contributed by atoms with Crippen molar-refractivity contribution in [2.24, 2.45) is 0 Å². The van der Waals surface area contributed by atoms with Crippen LogP contribution in [0, 0.1) is 6.92 Å². The van der Waals surface area contributed by atoms with Crippen LogP contribution in [0.1, 0.15) is 34.5 Å². The minimum absolute atomic E-state index is 0.0754. The standard InChI is InChI=1S/C22H18N2O4S/c1-14-2-4-15(5-3-14)21-23-17(13-29-21)12-28-22(27)16-6-8-18(9-7-16)24-19(25)10-11-20(24)26/h2-9,13H,10-12H2,1H3. The number of hydrogen-bond acceptors (Lipinski definition) is 6. The molecule has 0 N–H and O–H groups in total. The molecule has 3 aromatic rings. The lowest BCUT2D eigenvalue weighted by molar-refractivity contribution is -0.121. The van der Waals surface area contributed by atoms with E-state index in [1.165, 1.54) is 16.9 Å². The summed E-state index contributed by atoms with van der Waals surface area (Å²) in [4.78, 5) is 41.6. The predicted octanol–water partition coefficient (Wildman–Crippen LogP) is 4.13. The Labute approximate surface area is 171 Å². The number of imide groups is 1. The number of carbonyl (C=O) groups is 3. The number of carbonyl (C=O) groups excluding carboxylic acids is 3. The predicted molar refractivity (Wildman–Crippen MR) is 110 cm³/mol. The van der Waals surface area contributed by atoms with Crippen molar-refractivity contribution in [1.29, 1.82) is 0 Å². The second-order valence-corrected chi connectivity index (χ2v) is 7.61. The van der Waals surface area contributed by atoms with Gasteiger partial charge in [-0.2, -0.15) is 0 Å². The van der Waals surface area contributed by atoms with Gasteiger partial charge in [-0.25, -0.2) is 9.78 Å². The van der Waals surface area contributed by atoms with Gasteiger partial charge in [0.2, 0.25) is 11.8 Å². The number of anilines is 1. The second kappa shape index (κ2) is 7.97. The zero-order chi connectivity index (χ0) is 20.4. The van der Waals surface area contributed by atoms with Crippen molar-refractivity contribution in [3.8, 4) is 10.6 Å². The SMILES string of the molecule is Cc1ccc(-c2nc(COC(=O)c3ccc(N4C(=O)CCC4=O)cc3)cs2)cc1. The van der Waals surface area contributed by atoms with E-state index < -0.39 is 5.97 Å². The lowest BCUT2D eigenvalue weighted by Crippen LogP contribution is -2.28. The van der Waals surface area contributed by atoms with Gasteiger partial charge < -0.3 is 4.74 Å². The summed E-state index contributed by atoms with van der Waals surface area (Å²) in [6.45, 7) is 2.11. The van der Waals surface area contributed by atoms with Crippen LogP contribution in [0.5, 0.6) is 0 Å². The fourth-order valence-electron chi connectivity index (χ4n) is 3.04. The summed E-state index contributed by atoms with van der Waals surface area (Å²) in [5.74, 6) is -0.933. The van der Waals surface area contributed by atoms with Crippen LogP contribution in [0.3, 0.4) is 0 Å². The molecule has 0 atom stereocenters. The molecule has 1 aliphatic rings. The first-order valence-electron chi connectivity index (χ1n) is 9.16. The van der Waals surface area contributed by atoms with E-state index in [-0.39, 0.29) is 31.3 Å². The van der Waals surface area contributed by atoms with Crippen LogP contribution in [0.15, 0.2) is 53.9 Å². The van der Waals surface area contributed by atoms with Crippen molar-refractivity contribution in [2.75, 3.05) is 4.90 Å². The van der Waals surface area contributed by atoms with Gasteiger partial charge in [-0.15, -0.1) is 11.3 Å². The minimum Gasteiger partial charge on any atom is -0.456 e. The third-order valence-electron chi connectivity index (χ3n) is 4.61. The molecule has 29 heavy (non-hydrogen) atoms. The molecule has 7 heteroatoms. The number of amides is 2.